The second-order valence-corrected chi connectivity index (χ2v) is 6.36. The van der Waals surface area contributed by atoms with Gasteiger partial charge in [0.2, 0.25) is 5.91 Å². The largest absolute Gasteiger partial charge is 0.391 e. The lowest BCUT2D eigenvalue weighted by atomic mass is 9.97. The molecule has 1 saturated carbocycles. The topological polar surface area (TPSA) is 55.1 Å². The Morgan fingerprint density at radius 2 is 2.11 bits per heavy atom. The Bertz CT molecular complexity index is 498. The molecule has 1 aliphatic carbocycles. The SMILES string of the molecule is NC(=S)C1(NC(=O)Cc2cccc(Br)c2)CCCC1. The van der Waals surface area contributed by atoms with Gasteiger partial charge in [0.15, 0.2) is 0 Å². The van der Waals surface area contributed by atoms with E-state index in [-0.39, 0.29) is 5.91 Å². The molecule has 0 bridgehead atoms. The fourth-order valence-corrected chi connectivity index (χ4v) is 3.26. The Morgan fingerprint density at radius 1 is 1.42 bits per heavy atom. The van der Waals surface area contributed by atoms with Crippen LogP contribution in [0.4, 0.5) is 0 Å². The maximum absolute atomic E-state index is 12.1. The maximum Gasteiger partial charge on any atom is 0.225 e. The van der Waals surface area contributed by atoms with Crippen molar-refractivity contribution < 1.29 is 4.79 Å². The van der Waals surface area contributed by atoms with Crippen LogP contribution in [0.15, 0.2) is 28.7 Å². The van der Waals surface area contributed by atoms with Crippen molar-refractivity contribution in [2.45, 2.75) is 37.6 Å². The number of amides is 1. The molecule has 3 nitrogen and oxygen atoms in total. The molecule has 0 saturated heterocycles. The van der Waals surface area contributed by atoms with Gasteiger partial charge in [-0.05, 0) is 30.5 Å². The van der Waals surface area contributed by atoms with E-state index in [9.17, 15) is 4.79 Å². The van der Waals surface area contributed by atoms with Crippen molar-refractivity contribution in [3.63, 3.8) is 0 Å². The Kier molecular flexibility index (Phi) is 4.58. The number of rotatable bonds is 4. The molecule has 1 fully saturated rings. The van der Waals surface area contributed by atoms with Gasteiger partial charge in [-0.25, -0.2) is 0 Å². The molecule has 0 aliphatic heterocycles. The van der Waals surface area contributed by atoms with Gasteiger partial charge in [0, 0.05) is 4.47 Å². The molecule has 2 rings (SSSR count). The predicted octanol–water partition coefficient (Wildman–Crippen LogP) is 2.71. The highest BCUT2D eigenvalue weighted by Crippen LogP contribution is 2.30. The number of nitrogens with one attached hydrogen (secondary N) is 1. The maximum atomic E-state index is 12.1. The van der Waals surface area contributed by atoms with Crippen LogP contribution in [0, 0.1) is 0 Å². The van der Waals surface area contributed by atoms with Crippen molar-refractivity contribution >= 4 is 39.0 Å². The fourth-order valence-electron chi connectivity index (χ4n) is 2.55. The van der Waals surface area contributed by atoms with Gasteiger partial charge in [0.05, 0.1) is 16.9 Å². The average molecular weight is 341 g/mol. The van der Waals surface area contributed by atoms with Gasteiger partial charge in [-0.1, -0.05) is 53.1 Å². The number of halogens is 1. The number of carbonyl (C=O) groups is 1. The van der Waals surface area contributed by atoms with E-state index in [0.717, 1.165) is 35.7 Å². The summed E-state index contributed by atoms with van der Waals surface area (Å²) in [5.41, 5.74) is 6.32. The van der Waals surface area contributed by atoms with Crippen LogP contribution in [0.3, 0.4) is 0 Å². The van der Waals surface area contributed by atoms with Crippen molar-refractivity contribution in [3.8, 4) is 0 Å². The summed E-state index contributed by atoms with van der Waals surface area (Å²) in [5, 5.41) is 3.04. The first-order valence-corrected chi connectivity index (χ1v) is 7.57. The number of hydrogen-bond donors (Lipinski definition) is 2. The first-order valence-electron chi connectivity index (χ1n) is 6.37. The number of benzene rings is 1. The Balaban J connectivity index is 2.02. The van der Waals surface area contributed by atoms with E-state index in [4.69, 9.17) is 18.0 Å². The molecule has 1 aliphatic rings. The minimum Gasteiger partial charge on any atom is -0.391 e. The van der Waals surface area contributed by atoms with Crippen molar-refractivity contribution in [2.75, 3.05) is 0 Å². The van der Waals surface area contributed by atoms with Gasteiger partial charge in [-0.2, -0.15) is 0 Å². The van der Waals surface area contributed by atoms with Crippen LogP contribution in [-0.4, -0.2) is 16.4 Å². The zero-order chi connectivity index (χ0) is 13.9. The van der Waals surface area contributed by atoms with Gasteiger partial charge >= 0.3 is 0 Å². The number of hydrogen-bond acceptors (Lipinski definition) is 2. The van der Waals surface area contributed by atoms with Gasteiger partial charge in [-0.15, -0.1) is 0 Å². The molecule has 3 N–H and O–H groups in total. The third kappa shape index (κ3) is 3.54. The van der Waals surface area contributed by atoms with E-state index in [0.29, 0.717) is 11.4 Å². The Hall–Kier alpha value is -0.940. The average Bonchev–Trinajstić information content (AvgIpc) is 2.78. The molecule has 19 heavy (non-hydrogen) atoms. The zero-order valence-electron chi connectivity index (χ0n) is 10.6. The molecular weight excluding hydrogens is 324 g/mol. The van der Waals surface area contributed by atoms with Crippen molar-refractivity contribution in [1.29, 1.82) is 0 Å². The molecule has 1 aromatic carbocycles. The third-order valence-corrected chi connectivity index (χ3v) is 4.45. The molecule has 102 valence electrons. The molecular formula is C14H17BrN2OS. The summed E-state index contributed by atoms with van der Waals surface area (Å²) in [6.07, 6.45) is 4.19. The summed E-state index contributed by atoms with van der Waals surface area (Å²) in [6, 6.07) is 7.74. The molecule has 0 unspecified atom stereocenters. The molecule has 0 radical (unpaired) electrons. The standard InChI is InChI=1S/C14H17BrN2OS/c15-11-5-3-4-10(8-11)9-12(18)17-14(13(16)19)6-1-2-7-14/h3-5,8H,1-2,6-7,9H2,(H2,16,19)(H,17,18). The number of thiocarbonyl (C=S) groups is 1. The Labute approximate surface area is 127 Å². The van der Waals surface area contributed by atoms with Gasteiger partial charge < -0.3 is 11.1 Å². The molecule has 0 atom stereocenters. The molecule has 0 aromatic heterocycles. The highest BCUT2D eigenvalue weighted by Gasteiger charge is 2.37. The molecule has 1 amide bonds. The van der Waals surface area contributed by atoms with Gasteiger partial charge in [-0.3, -0.25) is 4.79 Å². The molecule has 0 heterocycles. The lowest BCUT2D eigenvalue weighted by Gasteiger charge is -2.29. The summed E-state index contributed by atoms with van der Waals surface area (Å²) < 4.78 is 0.975. The summed E-state index contributed by atoms with van der Waals surface area (Å²) >= 11 is 8.53. The van der Waals surface area contributed by atoms with Crippen LogP contribution in [0.5, 0.6) is 0 Å². The van der Waals surface area contributed by atoms with Crippen LogP contribution >= 0.6 is 28.1 Å². The Morgan fingerprint density at radius 3 is 2.68 bits per heavy atom. The minimum absolute atomic E-state index is 0.0206. The second kappa shape index (κ2) is 6.01. The summed E-state index contributed by atoms with van der Waals surface area (Å²) in [5.74, 6) is -0.0206. The summed E-state index contributed by atoms with van der Waals surface area (Å²) in [6.45, 7) is 0. The first-order chi connectivity index (χ1) is 9.02. The smallest absolute Gasteiger partial charge is 0.225 e. The van der Waals surface area contributed by atoms with E-state index in [1.54, 1.807) is 0 Å². The van der Waals surface area contributed by atoms with Crippen LogP contribution in [0.25, 0.3) is 0 Å². The lowest BCUT2D eigenvalue weighted by molar-refractivity contribution is -0.121. The summed E-state index contributed by atoms with van der Waals surface area (Å²) in [7, 11) is 0. The minimum atomic E-state index is -0.460. The zero-order valence-corrected chi connectivity index (χ0v) is 13.0. The number of carbonyl (C=O) groups excluding carboxylic acids is 1. The lowest BCUT2D eigenvalue weighted by Crippen LogP contribution is -2.55. The van der Waals surface area contributed by atoms with Crippen LogP contribution in [-0.2, 0) is 11.2 Å². The predicted molar refractivity (Wildman–Crippen MR) is 84.0 cm³/mol. The quantitative estimate of drug-likeness (QED) is 0.828. The van der Waals surface area contributed by atoms with Crippen molar-refractivity contribution in [2.24, 2.45) is 5.73 Å². The monoisotopic (exact) mass is 340 g/mol. The van der Waals surface area contributed by atoms with Crippen molar-refractivity contribution in [1.82, 2.24) is 5.32 Å². The van der Waals surface area contributed by atoms with Crippen LogP contribution < -0.4 is 11.1 Å². The summed E-state index contributed by atoms with van der Waals surface area (Å²) in [4.78, 5) is 12.6. The molecule has 5 heteroatoms. The first kappa shape index (κ1) is 14.5. The van der Waals surface area contributed by atoms with E-state index in [1.165, 1.54) is 0 Å². The number of nitrogens with two attached hydrogens (primary N) is 1. The van der Waals surface area contributed by atoms with E-state index in [2.05, 4.69) is 21.2 Å². The highest BCUT2D eigenvalue weighted by atomic mass is 79.9. The highest BCUT2D eigenvalue weighted by molar-refractivity contribution is 9.10. The van der Waals surface area contributed by atoms with Gasteiger partial charge in [0.1, 0.15) is 0 Å². The van der Waals surface area contributed by atoms with E-state index in [1.807, 2.05) is 24.3 Å². The fraction of sp³-hybridized carbons (Fsp3) is 0.429. The van der Waals surface area contributed by atoms with E-state index < -0.39 is 5.54 Å². The van der Waals surface area contributed by atoms with Gasteiger partial charge in [0.25, 0.3) is 0 Å². The van der Waals surface area contributed by atoms with E-state index >= 15 is 0 Å². The van der Waals surface area contributed by atoms with Crippen molar-refractivity contribution in [3.05, 3.63) is 34.3 Å². The van der Waals surface area contributed by atoms with Crippen LogP contribution in [0.2, 0.25) is 0 Å². The van der Waals surface area contributed by atoms with Crippen LogP contribution in [0.1, 0.15) is 31.2 Å². The second-order valence-electron chi connectivity index (χ2n) is 5.01. The molecule has 0 spiro atoms. The third-order valence-electron chi connectivity index (χ3n) is 3.56. The normalized spacial score (nSPS) is 17.1. The molecule has 1 aromatic rings.